The summed E-state index contributed by atoms with van der Waals surface area (Å²) in [5, 5.41) is 9.18. The molecule has 0 aliphatic rings. The Morgan fingerprint density at radius 2 is 1.89 bits per heavy atom. The quantitative estimate of drug-likeness (QED) is 0.420. The predicted molar refractivity (Wildman–Crippen MR) is 82.4 cm³/mol. The van der Waals surface area contributed by atoms with Crippen LogP contribution in [-0.4, -0.2) is 26.1 Å². The fourth-order valence-electron chi connectivity index (χ4n) is 1.56. The molecule has 0 spiro atoms. The third-order valence-corrected chi connectivity index (χ3v) is 8.46. The fraction of sp³-hybridized carbons (Fsp3) is 0.867. The van der Waals surface area contributed by atoms with Gasteiger partial charge in [-0.05, 0) is 51.2 Å². The van der Waals surface area contributed by atoms with Crippen LogP contribution in [0.15, 0.2) is 11.6 Å². The van der Waals surface area contributed by atoms with E-state index in [2.05, 4.69) is 46.9 Å². The van der Waals surface area contributed by atoms with Gasteiger partial charge in [0.1, 0.15) is 0 Å². The lowest BCUT2D eigenvalue weighted by Crippen LogP contribution is -2.43. The third-order valence-electron chi connectivity index (χ3n) is 3.86. The molecule has 3 heteroatoms. The first kappa shape index (κ1) is 17.9. The maximum atomic E-state index is 8.90. The number of allylic oxidation sites excluding steroid dienone is 1. The molecular formula is C15H32O2Si. The molecule has 0 aromatic rings. The predicted octanol–water partition coefficient (Wildman–Crippen LogP) is 4.51. The molecule has 0 saturated carbocycles. The monoisotopic (exact) mass is 272 g/mol. The molecule has 0 aliphatic carbocycles. The van der Waals surface area contributed by atoms with E-state index in [9.17, 15) is 0 Å². The lowest BCUT2D eigenvalue weighted by molar-refractivity contribution is 0.187. The first-order valence-electron chi connectivity index (χ1n) is 7.04. The molecule has 0 heterocycles. The number of rotatable bonds is 7. The van der Waals surface area contributed by atoms with Crippen LogP contribution < -0.4 is 0 Å². The van der Waals surface area contributed by atoms with Crippen LogP contribution in [0.2, 0.25) is 18.1 Å². The minimum absolute atomic E-state index is 0.177. The van der Waals surface area contributed by atoms with Crippen molar-refractivity contribution in [2.75, 3.05) is 6.61 Å². The first-order chi connectivity index (χ1) is 8.10. The van der Waals surface area contributed by atoms with E-state index in [4.69, 9.17) is 9.53 Å². The van der Waals surface area contributed by atoms with Crippen molar-refractivity contribution in [3.63, 3.8) is 0 Å². The molecule has 0 bridgehead atoms. The van der Waals surface area contributed by atoms with E-state index < -0.39 is 8.32 Å². The van der Waals surface area contributed by atoms with Crippen molar-refractivity contribution in [1.29, 1.82) is 0 Å². The van der Waals surface area contributed by atoms with Crippen molar-refractivity contribution in [3.8, 4) is 0 Å². The van der Waals surface area contributed by atoms with Gasteiger partial charge in [0.05, 0.1) is 6.61 Å². The van der Waals surface area contributed by atoms with Gasteiger partial charge >= 0.3 is 0 Å². The highest BCUT2D eigenvalue weighted by atomic mass is 28.4. The number of hydrogen-bond donors (Lipinski definition) is 1. The SMILES string of the molecule is C/C(=C\CCC[C@H](C)O[Si](C)(C)C(C)(C)C)CO. The van der Waals surface area contributed by atoms with Crippen LogP contribution in [0.5, 0.6) is 0 Å². The third kappa shape index (κ3) is 6.71. The molecule has 0 aromatic carbocycles. The summed E-state index contributed by atoms with van der Waals surface area (Å²) in [6, 6.07) is 0. The van der Waals surface area contributed by atoms with E-state index in [-0.39, 0.29) is 11.6 Å². The van der Waals surface area contributed by atoms with Crippen molar-refractivity contribution >= 4 is 8.32 Å². The maximum Gasteiger partial charge on any atom is 0.192 e. The van der Waals surface area contributed by atoms with Crippen molar-refractivity contribution in [2.45, 2.75) is 78.1 Å². The summed E-state index contributed by atoms with van der Waals surface area (Å²) in [6.45, 7) is 15.8. The highest BCUT2D eigenvalue weighted by molar-refractivity contribution is 6.74. The zero-order chi connectivity index (χ0) is 14.4. The van der Waals surface area contributed by atoms with Crippen LogP contribution in [0.25, 0.3) is 0 Å². The molecule has 108 valence electrons. The molecule has 0 amide bonds. The molecule has 2 nitrogen and oxygen atoms in total. The second-order valence-electron chi connectivity index (χ2n) is 6.83. The molecule has 18 heavy (non-hydrogen) atoms. The second kappa shape index (κ2) is 7.46. The van der Waals surface area contributed by atoms with Gasteiger partial charge in [0.15, 0.2) is 8.32 Å². The Balaban J connectivity index is 4.02. The van der Waals surface area contributed by atoms with Gasteiger partial charge in [-0.15, -0.1) is 0 Å². The average Bonchev–Trinajstić information content (AvgIpc) is 2.21. The molecule has 0 unspecified atom stereocenters. The van der Waals surface area contributed by atoms with E-state index in [1.807, 2.05) is 6.92 Å². The van der Waals surface area contributed by atoms with Crippen molar-refractivity contribution in [3.05, 3.63) is 11.6 Å². The second-order valence-corrected chi connectivity index (χ2v) is 11.6. The van der Waals surface area contributed by atoms with Crippen LogP contribution in [0.4, 0.5) is 0 Å². The molecule has 0 aliphatic heterocycles. The highest BCUT2D eigenvalue weighted by Crippen LogP contribution is 2.37. The normalized spacial score (nSPS) is 15.9. The smallest absolute Gasteiger partial charge is 0.192 e. The summed E-state index contributed by atoms with van der Waals surface area (Å²) in [4.78, 5) is 0. The van der Waals surface area contributed by atoms with Gasteiger partial charge in [-0.25, -0.2) is 0 Å². The topological polar surface area (TPSA) is 29.5 Å². The van der Waals surface area contributed by atoms with E-state index in [1.165, 1.54) is 0 Å². The summed E-state index contributed by atoms with van der Waals surface area (Å²) in [5.41, 5.74) is 1.06. The number of aliphatic hydroxyl groups excluding tert-OH is 1. The van der Waals surface area contributed by atoms with Crippen molar-refractivity contribution in [1.82, 2.24) is 0 Å². The number of hydrogen-bond acceptors (Lipinski definition) is 2. The number of aliphatic hydroxyl groups is 1. The minimum atomic E-state index is -1.61. The van der Waals surface area contributed by atoms with Gasteiger partial charge in [-0.1, -0.05) is 32.4 Å². The summed E-state index contributed by atoms with van der Waals surface area (Å²) in [5.74, 6) is 0. The Kier molecular flexibility index (Phi) is 7.41. The lowest BCUT2D eigenvalue weighted by atomic mass is 10.1. The maximum absolute atomic E-state index is 8.90. The van der Waals surface area contributed by atoms with E-state index in [1.54, 1.807) is 0 Å². The molecule has 1 N–H and O–H groups in total. The van der Waals surface area contributed by atoms with Gasteiger partial charge in [-0.2, -0.15) is 0 Å². The van der Waals surface area contributed by atoms with Crippen LogP contribution in [0.1, 0.15) is 53.9 Å². The minimum Gasteiger partial charge on any atom is -0.414 e. The van der Waals surface area contributed by atoms with Gasteiger partial charge in [0.25, 0.3) is 0 Å². The molecular weight excluding hydrogens is 240 g/mol. The summed E-state index contributed by atoms with van der Waals surface area (Å²) in [6.07, 6.45) is 5.74. The average molecular weight is 273 g/mol. The fourth-order valence-corrected chi connectivity index (χ4v) is 3.03. The zero-order valence-corrected chi connectivity index (χ0v) is 14.3. The Morgan fingerprint density at radius 1 is 1.33 bits per heavy atom. The molecule has 0 fully saturated rings. The molecule has 0 aromatic heterocycles. The molecule has 0 radical (unpaired) electrons. The summed E-state index contributed by atoms with van der Waals surface area (Å²) < 4.78 is 6.30. The lowest BCUT2D eigenvalue weighted by Gasteiger charge is -2.38. The highest BCUT2D eigenvalue weighted by Gasteiger charge is 2.38. The molecule has 0 saturated heterocycles. The largest absolute Gasteiger partial charge is 0.414 e. The van der Waals surface area contributed by atoms with E-state index in [0.717, 1.165) is 24.8 Å². The van der Waals surface area contributed by atoms with Crippen LogP contribution in [-0.2, 0) is 4.43 Å². The van der Waals surface area contributed by atoms with Gasteiger partial charge in [0.2, 0.25) is 0 Å². The van der Waals surface area contributed by atoms with E-state index >= 15 is 0 Å². The number of unbranched alkanes of at least 4 members (excludes halogenated alkanes) is 1. The Morgan fingerprint density at radius 3 is 2.33 bits per heavy atom. The molecule has 1 atom stereocenters. The van der Waals surface area contributed by atoms with Crippen molar-refractivity contribution < 1.29 is 9.53 Å². The Bertz CT molecular complexity index is 264. The van der Waals surface area contributed by atoms with Gasteiger partial charge in [-0.3, -0.25) is 0 Å². The van der Waals surface area contributed by atoms with E-state index in [0.29, 0.717) is 6.10 Å². The van der Waals surface area contributed by atoms with Crippen LogP contribution >= 0.6 is 0 Å². The molecule has 0 rings (SSSR count). The Labute approximate surface area is 115 Å². The van der Waals surface area contributed by atoms with Gasteiger partial charge in [0, 0.05) is 6.10 Å². The van der Waals surface area contributed by atoms with Crippen molar-refractivity contribution in [2.24, 2.45) is 0 Å². The standard InChI is InChI=1S/C15H32O2Si/c1-13(12-16)10-8-9-11-14(2)17-18(6,7)15(3,4)5/h10,14,16H,8-9,11-12H2,1-7H3/b13-10+/t14-/m0/s1. The van der Waals surface area contributed by atoms with Crippen LogP contribution in [0.3, 0.4) is 0 Å². The van der Waals surface area contributed by atoms with Crippen LogP contribution in [0, 0.1) is 0 Å². The first-order valence-corrected chi connectivity index (χ1v) is 9.95. The Hall–Kier alpha value is -0.123. The van der Waals surface area contributed by atoms with Gasteiger partial charge < -0.3 is 9.53 Å². The zero-order valence-electron chi connectivity index (χ0n) is 13.3. The summed E-state index contributed by atoms with van der Waals surface area (Å²) in [7, 11) is -1.61. The summed E-state index contributed by atoms with van der Waals surface area (Å²) >= 11 is 0.